The topological polar surface area (TPSA) is 112 Å². The number of aryl methyl sites for hydroxylation is 1. The van der Waals surface area contributed by atoms with Crippen LogP contribution in [0.2, 0.25) is 0 Å². The Morgan fingerprint density at radius 2 is 1.43 bits per heavy atom. The van der Waals surface area contributed by atoms with E-state index in [1.807, 2.05) is 0 Å². The Morgan fingerprint density at radius 3 is 2.04 bits per heavy atom. The standard InChI is InChI=1S/C15H10N4O4/c1-9-15(10-2-4-11(5-3-10)18(20)21)17-14-8-12(19(22)23)6-7-13(14)16-9/h2-8H,1H3. The molecule has 0 aliphatic carbocycles. The van der Waals surface area contributed by atoms with Crippen LogP contribution in [0.1, 0.15) is 5.69 Å². The minimum atomic E-state index is -0.494. The monoisotopic (exact) mass is 310 g/mol. The minimum Gasteiger partial charge on any atom is -0.258 e. The number of nitro groups is 2. The van der Waals surface area contributed by atoms with Gasteiger partial charge < -0.3 is 0 Å². The SMILES string of the molecule is Cc1nc2ccc([N+](=O)[O-])cc2nc1-c1ccc([N+](=O)[O-])cc1. The average Bonchev–Trinajstić information content (AvgIpc) is 2.53. The molecule has 0 saturated carbocycles. The second-order valence-electron chi connectivity index (χ2n) is 4.89. The van der Waals surface area contributed by atoms with E-state index in [4.69, 9.17) is 0 Å². The molecule has 0 N–H and O–H groups in total. The molecule has 0 radical (unpaired) electrons. The summed E-state index contributed by atoms with van der Waals surface area (Å²) in [4.78, 5) is 29.4. The summed E-state index contributed by atoms with van der Waals surface area (Å²) in [6.07, 6.45) is 0. The maximum atomic E-state index is 10.9. The highest BCUT2D eigenvalue weighted by molar-refractivity contribution is 5.80. The molecule has 0 aliphatic rings. The van der Waals surface area contributed by atoms with Crippen LogP contribution in [0, 0.1) is 27.2 Å². The maximum Gasteiger partial charge on any atom is 0.271 e. The second-order valence-corrected chi connectivity index (χ2v) is 4.89. The summed E-state index contributed by atoms with van der Waals surface area (Å²) in [6, 6.07) is 10.2. The Hall–Kier alpha value is -3.42. The fourth-order valence-corrected chi connectivity index (χ4v) is 2.26. The molecule has 1 aromatic heterocycles. The summed E-state index contributed by atoms with van der Waals surface area (Å²) >= 11 is 0. The van der Waals surface area contributed by atoms with Gasteiger partial charge in [0, 0.05) is 29.8 Å². The Labute approximate surface area is 129 Å². The van der Waals surface area contributed by atoms with E-state index in [0.717, 1.165) is 0 Å². The van der Waals surface area contributed by atoms with Gasteiger partial charge in [-0.1, -0.05) is 0 Å². The number of rotatable bonds is 3. The summed E-state index contributed by atoms with van der Waals surface area (Å²) in [7, 11) is 0. The van der Waals surface area contributed by atoms with Crippen molar-refractivity contribution in [2.24, 2.45) is 0 Å². The van der Waals surface area contributed by atoms with Gasteiger partial charge in [-0.3, -0.25) is 20.2 Å². The highest BCUT2D eigenvalue weighted by atomic mass is 16.6. The molecule has 0 unspecified atom stereocenters. The Morgan fingerprint density at radius 1 is 0.826 bits per heavy atom. The molecule has 114 valence electrons. The van der Waals surface area contributed by atoms with Crippen molar-refractivity contribution in [1.82, 2.24) is 9.97 Å². The predicted octanol–water partition coefficient (Wildman–Crippen LogP) is 3.42. The molecule has 23 heavy (non-hydrogen) atoms. The van der Waals surface area contributed by atoms with Crippen LogP contribution >= 0.6 is 0 Å². The highest BCUT2D eigenvalue weighted by Gasteiger charge is 2.13. The minimum absolute atomic E-state index is 0.0178. The lowest BCUT2D eigenvalue weighted by Crippen LogP contribution is -1.96. The molecule has 8 nitrogen and oxygen atoms in total. The van der Waals surface area contributed by atoms with Gasteiger partial charge in [0.25, 0.3) is 11.4 Å². The molecule has 1 heterocycles. The lowest BCUT2D eigenvalue weighted by atomic mass is 10.1. The number of hydrogen-bond acceptors (Lipinski definition) is 6. The van der Waals surface area contributed by atoms with Crippen LogP contribution in [0.25, 0.3) is 22.3 Å². The van der Waals surface area contributed by atoms with E-state index >= 15 is 0 Å². The molecular weight excluding hydrogens is 300 g/mol. The molecule has 2 aromatic carbocycles. The molecule has 0 fully saturated rings. The lowest BCUT2D eigenvalue weighted by Gasteiger charge is -2.06. The lowest BCUT2D eigenvalue weighted by molar-refractivity contribution is -0.385. The first kappa shape index (κ1) is 14.5. The van der Waals surface area contributed by atoms with Crippen LogP contribution in [-0.2, 0) is 0 Å². The molecule has 0 saturated heterocycles. The fourth-order valence-electron chi connectivity index (χ4n) is 2.26. The van der Waals surface area contributed by atoms with E-state index in [1.54, 1.807) is 25.1 Å². The van der Waals surface area contributed by atoms with Gasteiger partial charge in [0.1, 0.15) is 0 Å². The Kier molecular flexibility index (Phi) is 3.41. The normalized spacial score (nSPS) is 10.7. The molecule has 0 atom stereocenters. The molecule has 3 aromatic rings. The summed E-state index contributed by atoms with van der Waals surface area (Å²) in [5.74, 6) is 0. The number of hydrogen-bond donors (Lipinski definition) is 0. The van der Waals surface area contributed by atoms with Crippen LogP contribution in [0.5, 0.6) is 0 Å². The van der Waals surface area contributed by atoms with E-state index in [9.17, 15) is 20.2 Å². The van der Waals surface area contributed by atoms with Crippen LogP contribution < -0.4 is 0 Å². The van der Waals surface area contributed by atoms with E-state index in [1.165, 1.54) is 24.3 Å². The smallest absolute Gasteiger partial charge is 0.258 e. The number of nitrogens with zero attached hydrogens (tertiary/aromatic N) is 4. The van der Waals surface area contributed by atoms with Gasteiger partial charge in [-0.2, -0.15) is 0 Å². The van der Waals surface area contributed by atoms with Gasteiger partial charge in [0.05, 0.1) is 32.3 Å². The molecule has 0 spiro atoms. The third kappa shape index (κ3) is 2.69. The maximum absolute atomic E-state index is 10.9. The van der Waals surface area contributed by atoms with Crippen LogP contribution in [0.4, 0.5) is 11.4 Å². The molecule has 0 amide bonds. The first-order chi connectivity index (χ1) is 11.0. The Bertz CT molecular complexity index is 938. The van der Waals surface area contributed by atoms with E-state index in [0.29, 0.717) is 28.0 Å². The number of aromatic nitrogens is 2. The number of benzene rings is 2. The van der Waals surface area contributed by atoms with Crippen LogP contribution in [0.3, 0.4) is 0 Å². The van der Waals surface area contributed by atoms with Gasteiger partial charge in [-0.05, 0) is 25.1 Å². The third-order valence-corrected chi connectivity index (χ3v) is 3.38. The van der Waals surface area contributed by atoms with Crippen molar-refractivity contribution in [2.45, 2.75) is 6.92 Å². The van der Waals surface area contributed by atoms with Gasteiger partial charge in [-0.15, -0.1) is 0 Å². The van der Waals surface area contributed by atoms with E-state index in [-0.39, 0.29) is 11.4 Å². The van der Waals surface area contributed by atoms with Crippen molar-refractivity contribution in [3.8, 4) is 11.3 Å². The van der Waals surface area contributed by atoms with Crippen molar-refractivity contribution >= 4 is 22.4 Å². The quantitative estimate of drug-likeness (QED) is 0.541. The first-order valence-electron chi connectivity index (χ1n) is 6.63. The summed E-state index contributed by atoms with van der Waals surface area (Å²) in [6.45, 7) is 1.77. The van der Waals surface area contributed by atoms with Crippen LogP contribution in [-0.4, -0.2) is 19.8 Å². The summed E-state index contributed by atoms with van der Waals surface area (Å²) in [5.41, 5.74) is 2.71. The second kappa shape index (κ2) is 5.41. The fraction of sp³-hybridized carbons (Fsp3) is 0.0667. The highest BCUT2D eigenvalue weighted by Crippen LogP contribution is 2.26. The van der Waals surface area contributed by atoms with Crippen LogP contribution in [0.15, 0.2) is 42.5 Å². The van der Waals surface area contributed by atoms with Gasteiger partial charge in [-0.25, -0.2) is 9.97 Å². The van der Waals surface area contributed by atoms with Crippen molar-refractivity contribution in [3.05, 3.63) is 68.4 Å². The molecule has 0 bridgehead atoms. The Balaban J connectivity index is 2.14. The first-order valence-corrected chi connectivity index (χ1v) is 6.63. The average molecular weight is 310 g/mol. The van der Waals surface area contributed by atoms with E-state index in [2.05, 4.69) is 9.97 Å². The zero-order chi connectivity index (χ0) is 16.6. The summed E-state index contributed by atoms with van der Waals surface area (Å²) in [5, 5.41) is 21.6. The molecule has 8 heteroatoms. The van der Waals surface area contributed by atoms with Crippen molar-refractivity contribution < 1.29 is 9.85 Å². The number of fused-ring (bicyclic) bond motifs is 1. The third-order valence-electron chi connectivity index (χ3n) is 3.38. The number of non-ortho nitro benzene ring substituents is 2. The predicted molar refractivity (Wildman–Crippen MR) is 83.0 cm³/mol. The van der Waals surface area contributed by atoms with Gasteiger partial charge in [0.15, 0.2) is 0 Å². The van der Waals surface area contributed by atoms with Crippen molar-refractivity contribution in [2.75, 3.05) is 0 Å². The zero-order valence-corrected chi connectivity index (χ0v) is 12.0. The molecule has 0 aliphatic heterocycles. The molecule has 3 rings (SSSR count). The zero-order valence-electron chi connectivity index (χ0n) is 12.0. The van der Waals surface area contributed by atoms with Gasteiger partial charge >= 0.3 is 0 Å². The van der Waals surface area contributed by atoms with E-state index < -0.39 is 9.85 Å². The largest absolute Gasteiger partial charge is 0.271 e. The van der Waals surface area contributed by atoms with Crippen molar-refractivity contribution in [3.63, 3.8) is 0 Å². The van der Waals surface area contributed by atoms with Gasteiger partial charge in [0.2, 0.25) is 0 Å². The molecular formula is C15H10N4O4. The summed E-state index contributed by atoms with van der Waals surface area (Å²) < 4.78 is 0. The number of nitro benzene ring substituents is 2. The van der Waals surface area contributed by atoms with Crippen molar-refractivity contribution in [1.29, 1.82) is 0 Å².